The van der Waals surface area contributed by atoms with E-state index >= 15 is 0 Å². The number of nitrogens with zero attached hydrogens (tertiary/aromatic N) is 4. The molecule has 7 nitrogen and oxygen atoms in total. The number of aromatic nitrogens is 1. The van der Waals surface area contributed by atoms with Crippen molar-refractivity contribution in [1.29, 1.82) is 0 Å². The van der Waals surface area contributed by atoms with Crippen molar-refractivity contribution in [2.45, 2.75) is 29.8 Å². The molecule has 0 unspecified atom stereocenters. The normalized spacial score (nSPS) is 16.5. The number of hydrogen-bond acceptors (Lipinski definition) is 4. The highest BCUT2D eigenvalue weighted by Gasteiger charge is 2.38. The molecule has 1 amide bonds. The van der Waals surface area contributed by atoms with E-state index in [1.807, 2.05) is 66.7 Å². The molecule has 1 aliphatic heterocycles. The second-order valence-electron chi connectivity index (χ2n) is 8.81. The maximum Gasteiger partial charge on any atom is 0.252 e. The third-order valence-corrected chi connectivity index (χ3v) is 7.78. The number of thioether (sulfide) groups is 1. The molecule has 4 aromatic rings. The topological polar surface area (TPSA) is 99.9 Å². The van der Waals surface area contributed by atoms with Gasteiger partial charge in [-0.15, -0.1) is 11.8 Å². The van der Waals surface area contributed by atoms with Gasteiger partial charge in [-0.05, 0) is 63.9 Å². The van der Waals surface area contributed by atoms with Gasteiger partial charge in [0.15, 0.2) is 0 Å². The Morgan fingerprint density at radius 3 is 2.49 bits per heavy atom. The number of carbonyl (C=O) groups excluding carboxylic acids is 1. The fraction of sp³-hybridized carbons (Fsp3) is 0.185. The van der Waals surface area contributed by atoms with Crippen LogP contribution in [0.15, 0.2) is 87.7 Å². The lowest BCUT2D eigenvalue weighted by molar-refractivity contribution is -0.118. The average molecular weight is 480 g/mol. The number of anilines is 1. The summed E-state index contributed by atoms with van der Waals surface area (Å²) >= 11 is 1.59. The number of amides is 1. The van der Waals surface area contributed by atoms with Gasteiger partial charge < -0.3 is 5.32 Å². The number of hydrogen-bond donors (Lipinski definition) is 1. The Morgan fingerprint density at radius 1 is 1.00 bits per heavy atom. The van der Waals surface area contributed by atoms with E-state index in [4.69, 9.17) is 5.53 Å². The van der Waals surface area contributed by atoms with Crippen LogP contribution < -0.4 is 10.9 Å². The summed E-state index contributed by atoms with van der Waals surface area (Å²) in [6, 6.07) is 22.0. The van der Waals surface area contributed by atoms with Crippen molar-refractivity contribution in [3.05, 3.63) is 99.2 Å². The highest BCUT2D eigenvalue weighted by atomic mass is 32.2. The highest BCUT2D eigenvalue weighted by molar-refractivity contribution is 7.99. The van der Waals surface area contributed by atoms with Gasteiger partial charge in [0.2, 0.25) is 5.91 Å². The van der Waals surface area contributed by atoms with Crippen LogP contribution in [0.3, 0.4) is 0 Å². The molecule has 172 valence electrons. The lowest BCUT2D eigenvalue weighted by Crippen LogP contribution is -2.32. The quantitative estimate of drug-likeness (QED) is 0.194. The van der Waals surface area contributed by atoms with E-state index in [2.05, 4.69) is 15.3 Å². The zero-order chi connectivity index (χ0) is 23.9. The molecule has 2 aliphatic rings. The fourth-order valence-electron chi connectivity index (χ4n) is 4.87. The Bertz CT molecular complexity index is 1590. The number of rotatable bonds is 5. The number of fused-ring (bicyclic) bond motifs is 2. The zero-order valence-corrected chi connectivity index (χ0v) is 19.5. The van der Waals surface area contributed by atoms with Gasteiger partial charge in [0.25, 0.3) is 5.56 Å². The molecule has 0 bridgehead atoms. The first-order valence-electron chi connectivity index (χ1n) is 11.5. The number of para-hydroxylation sites is 1. The van der Waals surface area contributed by atoms with Crippen LogP contribution in [0.2, 0.25) is 0 Å². The molecule has 8 heteroatoms. The van der Waals surface area contributed by atoms with Crippen LogP contribution in [0.4, 0.5) is 11.4 Å². The van der Waals surface area contributed by atoms with Crippen molar-refractivity contribution in [2.24, 2.45) is 5.11 Å². The van der Waals surface area contributed by atoms with Crippen molar-refractivity contribution in [3.8, 4) is 11.1 Å². The SMILES string of the molecule is [N-]=[N+]=Nc1ccc(-c2cc(=O)n3c(c2C2CC2)SC[C@H]3C(=O)Nc2ccccc2)c2ccccc12. The Labute approximate surface area is 205 Å². The van der Waals surface area contributed by atoms with Gasteiger partial charge >= 0.3 is 0 Å². The Kier molecular flexibility index (Phi) is 5.32. The molecule has 3 aromatic carbocycles. The predicted octanol–water partition coefficient (Wildman–Crippen LogP) is 6.77. The summed E-state index contributed by atoms with van der Waals surface area (Å²) in [6.45, 7) is 0. The third-order valence-electron chi connectivity index (χ3n) is 6.61. The van der Waals surface area contributed by atoms with E-state index in [1.54, 1.807) is 22.4 Å². The number of benzene rings is 3. The number of pyridine rings is 1. The summed E-state index contributed by atoms with van der Waals surface area (Å²) < 4.78 is 1.68. The number of carbonyl (C=O) groups is 1. The summed E-state index contributed by atoms with van der Waals surface area (Å²) in [5.74, 6) is 0.710. The van der Waals surface area contributed by atoms with Gasteiger partial charge in [-0.1, -0.05) is 59.7 Å². The van der Waals surface area contributed by atoms with Crippen LogP contribution in [0, 0.1) is 0 Å². The molecule has 1 N–H and O–H groups in total. The number of nitrogens with one attached hydrogen (secondary N) is 1. The van der Waals surface area contributed by atoms with Gasteiger partial charge in [-0.3, -0.25) is 14.2 Å². The van der Waals surface area contributed by atoms with Crippen molar-refractivity contribution in [3.63, 3.8) is 0 Å². The average Bonchev–Trinajstić information content (AvgIpc) is 3.61. The molecule has 1 saturated carbocycles. The Balaban J connectivity index is 1.49. The first-order valence-corrected chi connectivity index (χ1v) is 12.5. The number of azide groups is 1. The molecule has 0 spiro atoms. The van der Waals surface area contributed by atoms with Crippen molar-refractivity contribution in [1.82, 2.24) is 4.57 Å². The van der Waals surface area contributed by atoms with Gasteiger partial charge in [-0.2, -0.15) is 0 Å². The second kappa shape index (κ2) is 8.65. The minimum atomic E-state index is -0.557. The van der Waals surface area contributed by atoms with Gasteiger partial charge in [0, 0.05) is 28.1 Å². The lowest BCUT2D eigenvalue weighted by atomic mass is 9.93. The van der Waals surface area contributed by atoms with Crippen LogP contribution in [0.1, 0.15) is 30.4 Å². The van der Waals surface area contributed by atoms with Crippen molar-refractivity contribution < 1.29 is 4.79 Å². The standard InChI is InChI=1S/C27H21N5O2S/c28-31-30-22-13-12-19(18-8-4-5-9-20(18)22)21-14-24(33)32-23(15-35-27(32)25(21)16-10-11-16)26(34)29-17-6-2-1-3-7-17/h1-9,12-14,16,23H,10-11,15H2,(H,29,34)/t23-/m0/s1. The summed E-state index contributed by atoms with van der Waals surface area (Å²) in [6.07, 6.45) is 2.13. The molecule has 35 heavy (non-hydrogen) atoms. The first kappa shape index (κ1) is 21.5. The monoisotopic (exact) mass is 479 g/mol. The molecule has 1 aliphatic carbocycles. The smallest absolute Gasteiger partial charge is 0.252 e. The first-order chi connectivity index (χ1) is 17.2. The molecule has 0 saturated heterocycles. The maximum absolute atomic E-state index is 13.5. The fourth-order valence-corrected chi connectivity index (χ4v) is 6.28. The predicted molar refractivity (Wildman–Crippen MR) is 139 cm³/mol. The summed E-state index contributed by atoms with van der Waals surface area (Å²) in [5.41, 5.74) is 13.1. The molecule has 1 atom stereocenters. The molecule has 1 fully saturated rings. The Morgan fingerprint density at radius 2 is 1.74 bits per heavy atom. The minimum absolute atomic E-state index is 0.178. The van der Waals surface area contributed by atoms with E-state index in [9.17, 15) is 9.59 Å². The van der Waals surface area contributed by atoms with E-state index in [0.29, 0.717) is 17.4 Å². The van der Waals surface area contributed by atoms with E-state index < -0.39 is 6.04 Å². The van der Waals surface area contributed by atoms with E-state index in [1.165, 1.54) is 0 Å². The van der Waals surface area contributed by atoms with E-state index in [-0.39, 0.29) is 11.5 Å². The van der Waals surface area contributed by atoms with Crippen LogP contribution in [-0.2, 0) is 4.79 Å². The van der Waals surface area contributed by atoms with Gasteiger partial charge in [0.05, 0.1) is 5.03 Å². The second-order valence-corrected chi connectivity index (χ2v) is 9.82. The van der Waals surface area contributed by atoms with Crippen LogP contribution >= 0.6 is 11.8 Å². The van der Waals surface area contributed by atoms with Gasteiger partial charge in [-0.25, -0.2) is 0 Å². The molecular weight excluding hydrogens is 458 g/mol. The molecule has 1 aromatic heterocycles. The summed E-state index contributed by atoms with van der Waals surface area (Å²) in [5, 5.41) is 9.47. The highest BCUT2D eigenvalue weighted by Crippen LogP contribution is 2.51. The third kappa shape index (κ3) is 3.77. The maximum atomic E-state index is 13.5. The molecular formula is C27H21N5O2S. The van der Waals surface area contributed by atoms with Crippen LogP contribution in [0.5, 0.6) is 0 Å². The van der Waals surface area contributed by atoms with E-state index in [0.717, 1.165) is 51.0 Å². The van der Waals surface area contributed by atoms with Crippen LogP contribution in [0.25, 0.3) is 32.3 Å². The van der Waals surface area contributed by atoms with Crippen LogP contribution in [-0.4, -0.2) is 16.2 Å². The summed E-state index contributed by atoms with van der Waals surface area (Å²) in [4.78, 5) is 29.6. The summed E-state index contributed by atoms with van der Waals surface area (Å²) in [7, 11) is 0. The molecule has 2 heterocycles. The molecule has 0 radical (unpaired) electrons. The Hall–Kier alpha value is -4.00. The van der Waals surface area contributed by atoms with Gasteiger partial charge in [0.1, 0.15) is 6.04 Å². The lowest BCUT2D eigenvalue weighted by Gasteiger charge is -2.19. The largest absolute Gasteiger partial charge is 0.324 e. The van der Waals surface area contributed by atoms with Crippen molar-refractivity contribution >= 4 is 39.8 Å². The molecule has 6 rings (SSSR count). The minimum Gasteiger partial charge on any atom is -0.324 e. The van der Waals surface area contributed by atoms with Crippen molar-refractivity contribution in [2.75, 3.05) is 11.1 Å². The zero-order valence-electron chi connectivity index (χ0n) is 18.7.